The summed E-state index contributed by atoms with van der Waals surface area (Å²) in [7, 11) is 3.24. The largest absolute Gasteiger partial charge is 0.493 e. The number of ether oxygens (including phenoxy) is 2. The average molecular weight is 488 g/mol. The summed E-state index contributed by atoms with van der Waals surface area (Å²) in [4.78, 5) is 32.1. The van der Waals surface area contributed by atoms with Gasteiger partial charge in [-0.2, -0.15) is 0 Å². The molecule has 3 amide bonds. The highest BCUT2D eigenvalue weighted by molar-refractivity contribution is 7.11. The van der Waals surface area contributed by atoms with E-state index in [2.05, 4.69) is 31.3 Å². The zero-order valence-corrected chi connectivity index (χ0v) is 21.6. The molecule has 1 aromatic heterocycles. The van der Waals surface area contributed by atoms with Gasteiger partial charge in [0.2, 0.25) is 5.91 Å². The molecule has 1 fully saturated rings. The number of benzene rings is 1. The van der Waals surface area contributed by atoms with E-state index in [1.54, 1.807) is 30.5 Å². The minimum Gasteiger partial charge on any atom is -0.493 e. The molecule has 0 spiro atoms. The van der Waals surface area contributed by atoms with Crippen molar-refractivity contribution in [1.82, 2.24) is 15.1 Å². The molecule has 1 aromatic carbocycles. The summed E-state index contributed by atoms with van der Waals surface area (Å²) < 4.78 is 10.8. The number of nitrogens with one attached hydrogen (secondary N) is 1. The Hall–Kier alpha value is -2.74. The van der Waals surface area contributed by atoms with Crippen LogP contribution in [0.3, 0.4) is 0 Å². The van der Waals surface area contributed by atoms with Crippen molar-refractivity contribution in [2.75, 3.05) is 33.9 Å². The highest BCUT2D eigenvalue weighted by Gasteiger charge is 2.34. The van der Waals surface area contributed by atoms with E-state index >= 15 is 0 Å². The van der Waals surface area contributed by atoms with Crippen LogP contribution < -0.4 is 14.8 Å². The van der Waals surface area contributed by atoms with Gasteiger partial charge < -0.3 is 24.6 Å². The summed E-state index contributed by atoms with van der Waals surface area (Å²) in [6.45, 7) is 6.02. The van der Waals surface area contributed by atoms with E-state index in [9.17, 15) is 9.59 Å². The third kappa shape index (κ3) is 7.38. The molecule has 1 N–H and O–H groups in total. The molecule has 0 atom stereocenters. The number of hydrogen-bond acceptors (Lipinski definition) is 5. The van der Waals surface area contributed by atoms with Crippen molar-refractivity contribution in [2.45, 2.75) is 58.5 Å². The van der Waals surface area contributed by atoms with E-state index in [0.717, 1.165) is 36.1 Å². The highest BCUT2D eigenvalue weighted by atomic mass is 32.1. The Labute approximate surface area is 207 Å². The molecule has 0 aliphatic heterocycles. The van der Waals surface area contributed by atoms with E-state index in [1.165, 1.54) is 4.88 Å². The van der Waals surface area contributed by atoms with Crippen LogP contribution in [-0.2, 0) is 17.8 Å². The molecule has 0 bridgehead atoms. The Balaban J connectivity index is 1.70. The smallest absolute Gasteiger partial charge is 0.318 e. The molecule has 8 heteroatoms. The lowest BCUT2D eigenvalue weighted by atomic mass is 10.1. The quantitative estimate of drug-likeness (QED) is 0.419. The van der Waals surface area contributed by atoms with Gasteiger partial charge in [-0.05, 0) is 62.4 Å². The monoisotopic (exact) mass is 487 g/mol. The molecular weight excluding hydrogens is 450 g/mol. The minimum atomic E-state index is -0.129. The molecule has 7 nitrogen and oxygen atoms in total. The third-order valence-electron chi connectivity index (χ3n) is 5.97. The van der Waals surface area contributed by atoms with Crippen LogP contribution in [0, 0.1) is 6.92 Å². The number of urea groups is 1. The van der Waals surface area contributed by atoms with Crippen molar-refractivity contribution in [1.29, 1.82) is 0 Å². The molecule has 0 radical (unpaired) electrons. The number of hydrogen-bond donors (Lipinski definition) is 1. The first kappa shape index (κ1) is 25.9. The predicted octanol–water partition coefficient (Wildman–Crippen LogP) is 4.62. The molecule has 1 aliphatic carbocycles. The van der Waals surface area contributed by atoms with Crippen LogP contribution >= 0.6 is 11.3 Å². The standard InChI is InChI=1S/C26H37N3O4S/c1-5-6-14-27-26(31)29(21-9-10-21)18-25(30)28(17-22-11-7-19(2)34-22)15-13-20-8-12-23(32-3)24(16-20)33-4/h7-8,11-12,16,21H,5-6,9-10,13-15,17-18H2,1-4H3,(H,27,31). The maximum absolute atomic E-state index is 13.4. The van der Waals surface area contributed by atoms with Crippen molar-refractivity contribution in [3.05, 3.63) is 45.6 Å². The summed E-state index contributed by atoms with van der Waals surface area (Å²) in [5.41, 5.74) is 1.06. The van der Waals surface area contributed by atoms with Crippen LogP contribution in [0.4, 0.5) is 4.79 Å². The normalized spacial score (nSPS) is 12.8. The number of nitrogens with zero attached hydrogens (tertiary/aromatic N) is 2. The first-order valence-electron chi connectivity index (χ1n) is 12.0. The van der Waals surface area contributed by atoms with Crippen LogP contribution in [0.25, 0.3) is 0 Å². The lowest BCUT2D eigenvalue weighted by Crippen LogP contribution is -2.48. The van der Waals surface area contributed by atoms with E-state index in [1.807, 2.05) is 23.1 Å². The van der Waals surface area contributed by atoms with Crippen LogP contribution in [0.1, 0.15) is 47.9 Å². The molecule has 2 aromatic rings. The molecule has 1 saturated carbocycles. The maximum atomic E-state index is 13.4. The van der Waals surface area contributed by atoms with Gasteiger partial charge in [-0.25, -0.2) is 4.79 Å². The van der Waals surface area contributed by atoms with E-state index in [0.29, 0.717) is 37.6 Å². The second-order valence-corrected chi connectivity index (χ2v) is 10.1. The number of carbonyl (C=O) groups is 2. The van der Waals surface area contributed by atoms with Crippen molar-refractivity contribution in [3.63, 3.8) is 0 Å². The van der Waals surface area contributed by atoms with E-state index in [4.69, 9.17) is 9.47 Å². The molecular formula is C26H37N3O4S. The Morgan fingerprint density at radius 3 is 2.50 bits per heavy atom. The number of amides is 3. The third-order valence-corrected chi connectivity index (χ3v) is 6.96. The molecule has 0 saturated heterocycles. The van der Waals surface area contributed by atoms with Crippen LogP contribution in [-0.4, -0.2) is 61.6 Å². The number of methoxy groups -OCH3 is 2. The van der Waals surface area contributed by atoms with Crippen LogP contribution in [0.5, 0.6) is 11.5 Å². The number of rotatable bonds is 13. The highest BCUT2D eigenvalue weighted by Crippen LogP contribution is 2.29. The van der Waals surface area contributed by atoms with Gasteiger partial charge in [0.05, 0.1) is 20.8 Å². The van der Waals surface area contributed by atoms with Crippen molar-refractivity contribution in [2.24, 2.45) is 0 Å². The second-order valence-electron chi connectivity index (χ2n) is 8.71. The van der Waals surface area contributed by atoms with Gasteiger partial charge in [-0.1, -0.05) is 19.4 Å². The summed E-state index contributed by atoms with van der Waals surface area (Å²) in [6.07, 6.45) is 4.57. The Bertz CT molecular complexity index is 957. The van der Waals surface area contributed by atoms with E-state index < -0.39 is 0 Å². The maximum Gasteiger partial charge on any atom is 0.318 e. The Morgan fingerprint density at radius 1 is 1.12 bits per heavy atom. The molecule has 0 unspecified atom stereocenters. The SMILES string of the molecule is CCCCNC(=O)N(CC(=O)N(CCc1ccc(OC)c(OC)c1)Cc1ccc(C)s1)C1CC1. The van der Waals surface area contributed by atoms with Gasteiger partial charge >= 0.3 is 6.03 Å². The Kier molecular flexibility index (Phi) is 9.62. The van der Waals surface area contributed by atoms with Gasteiger partial charge in [0.1, 0.15) is 6.54 Å². The van der Waals surface area contributed by atoms with Crippen LogP contribution in [0.2, 0.25) is 0 Å². The fraction of sp³-hybridized carbons (Fsp3) is 0.538. The minimum absolute atomic E-state index is 0.0240. The van der Waals surface area contributed by atoms with E-state index in [-0.39, 0.29) is 24.5 Å². The summed E-state index contributed by atoms with van der Waals surface area (Å²) in [5.74, 6) is 1.34. The van der Waals surface area contributed by atoms with Gasteiger partial charge in [0.25, 0.3) is 0 Å². The lowest BCUT2D eigenvalue weighted by Gasteiger charge is -2.28. The first-order chi connectivity index (χ1) is 16.4. The fourth-order valence-electron chi connectivity index (χ4n) is 3.82. The second kappa shape index (κ2) is 12.6. The number of aryl methyl sites for hydroxylation is 1. The van der Waals surface area contributed by atoms with Crippen molar-refractivity contribution in [3.8, 4) is 11.5 Å². The van der Waals surface area contributed by atoms with Crippen molar-refractivity contribution < 1.29 is 19.1 Å². The molecule has 3 rings (SSSR count). The predicted molar refractivity (Wildman–Crippen MR) is 136 cm³/mol. The molecule has 186 valence electrons. The van der Waals surface area contributed by atoms with Crippen molar-refractivity contribution >= 4 is 23.3 Å². The summed E-state index contributed by atoms with van der Waals surface area (Å²) in [6, 6.07) is 10.0. The first-order valence-corrected chi connectivity index (χ1v) is 12.8. The average Bonchev–Trinajstić information content (AvgIpc) is 3.60. The topological polar surface area (TPSA) is 71.1 Å². The number of thiophene rings is 1. The number of carbonyl (C=O) groups excluding carboxylic acids is 2. The molecule has 1 heterocycles. The summed E-state index contributed by atoms with van der Waals surface area (Å²) in [5, 5.41) is 2.98. The zero-order chi connectivity index (χ0) is 24.5. The fourth-order valence-corrected chi connectivity index (χ4v) is 4.73. The van der Waals surface area contributed by atoms with Gasteiger partial charge in [-0.15, -0.1) is 11.3 Å². The van der Waals surface area contributed by atoms with Gasteiger partial charge in [-0.3, -0.25) is 4.79 Å². The number of unbranched alkanes of at least 4 members (excludes halogenated alkanes) is 1. The zero-order valence-electron chi connectivity index (χ0n) is 20.8. The molecule has 1 aliphatic rings. The van der Waals surface area contributed by atoms with Crippen LogP contribution in [0.15, 0.2) is 30.3 Å². The van der Waals surface area contributed by atoms with Gasteiger partial charge in [0, 0.05) is 28.9 Å². The summed E-state index contributed by atoms with van der Waals surface area (Å²) >= 11 is 1.70. The lowest BCUT2D eigenvalue weighted by molar-refractivity contribution is -0.132. The molecule has 34 heavy (non-hydrogen) atoms. The van der Waals surface area contributed by atoms with Gasteiger partial charge in [0.15, 0.2) is 11.5 Å². The Morgan fingerprint density at radius 2 is 1.88 bits per heavy atom.